The van der Waals surface area contributed by atoms with Crippen molar-refractivity contribution in [1.82, 2.24) is 10.6 Å². The Morgan fingerprint density at radius 2 is 1.65 bits per heavy atom. The number of aliphatic imine (C=N–C) groups is 1. The van der Waals surface area contributed by atoms with E-state index in [-0.39, 0.29) is 34.6 Å². The predicted molar refractivity (Wildman–Crippen MR) is 113 cm³/mol. The zero-order valence-electron chi connectivity index (χ0n) is 14.8. The van der Waals surface area contributed by atoms with Crippen molar-refractivity contribution in [3.8, 4) is 5.75 Å². The number of nitro benzene ring substituents is 1. The van der Waals surface area contributed by atoms with Gasteiger partial charge < -0.3 is 15.4 Å². The smallest absolute Gasteiger partial charge is 0.274 e. The van der Waals surface area contributed by atoms with E-state index in [4.69, 9.17) is 4.74 Å². The molecule has 26 heavy (non-hydrogen) atoms. The molecule has 2 aromatic rings. The molecule has 140 valence electrons. The molecular formula is C18H23IN4O3. The second kappa shape index (κ2) is 11.3. The van der Waals surface area contributed by atoms with Crippen molar-refractivity contribution in [3.63, 3.8) is 0 Å². The maximum absolute atomic E-state index is 11.1. The van der Waals surface area contributed by atoms with Crippen molar-refractivity contribution >= 4 is 35.6 Å². The minimum absolute atomic E-state index is 0. The van der Waals surface area contributed by atoms with Crippen LogP contribution in [0.25, 0.3) is 0 Å². The van der Waals surface area contributed by atoms with Gasteiger partial charge in [-0.15, -0.1) is 24.0 Å². The van der Waals surface area contributed by atoms with Crippen molar-refractivity contribution in [2.75, 3.05) is 13.7 Å². The van der Waals surface area contributed by atoms with Gasteiger partial charge in [-0.1, -0.05) is 36.4 Å². The van der Waals surface area contributed by atoms with Gasteiger partial charge in [0.25, 0.3) is 5.69 Å². The van der Waals surface area contributed by atoms with Gasteiger partial charge in [-0.05, 0) is 13.0 Å². The zero-order valence-corrected chi connectivity index (χ0v) is 17.1. The second-order valence-corrected chi connectivity index (χ2v) is 5.21. The van der Waals surface area contributed by atoms with Gasteiger partial charge in [-0.3, -0.25) is 15.1 Å². The number of nitrogens with zero attached hydrogens (tertiary/aromatic N) is 2. The molecule has 0 bridgehead atoms. The van der Waals surface area contributed by atoms with Gasteiger partial charge in [0, 0.05) is 37.3 Å². The molecule has 0 fully saturated rings. The van der Waals surface area contributed by atoms with Crippen molar-refractivity contribution < 1.29 is 9.66 Å². The average molecular weight is 470 g/mol. The number of hydrogen-bond acceptors (Lipinski definition) is 4. The summed E-state index contributed by atoms with van der Waals surface area (Å²) in [5.74, 6) is 1.39. The van der Waals surface area contributed by atoms with Crippen LogP contribution in [-0.4, -0.2) is 24.5 Å². The maximum atomic E-state index is 11.1. The van der Waals surface area contributed by atoms with Crippen LogP contribution in [0.4, 0.5) is 5.69 Å². The lowest BCUT2D eigenvalue weighted by atomic mass is 10.2. The molecule has 0 aliphatic rings. The van der Waals surface area contributed by atoms with E-state index in [2.05, 4.69) is 15.6 Å². The quantitative estimate of drug-likeness (QED) is 0.213. The molecule has 0 aliphatic heterocycles. The highest BCUT2D eigenvalue weighted by Crippen LogP contribution is 2.18. The van der Waals surface area contributed by atoms with E-state index in [0.717, 1.165) is 11.3 Å². The molecule has 0 saturated carbocycles. The number of para-hydroxylation sites is 2. The number of rotatable bonds is 7. The van der Waals surface area contributed by atoms with Gasteiger partial charge in [-0.25, -0.2) is 0 Å². The standard InChI is InChI=1S/C18H22N4O3.HI/c1-3-25-17-11-7-5-9-15(17)13-21-18(19-2)20-12-14-8-4-6-10-16(14)22(23)24;/h4-11H,3,12-13H2,1-2H3,(H2,19,20,21);1H. The Labute approximate surface area is 170 Å². The van der Waals surface area contributed by atoms with Crippen molar-refractivity contribution in [3.05, 3.63) is 69.8 Å². The first kappa shape index (κ1) is 21.7. The minimum atomic E-state index is -0.383. The predicted octanol–water partition coefficient (Wildman–Crippen LogP) is 3.48. The summed E-state index contributed by atoms with van der Waals surface area (Å²) in [5, 5.41) is 17.4. The molecule has 2 N–H and O–H groups in total. The van der Waals surface area contributed by atoms with Gasteiger partial charge in [0.05, 0.1) is 11.5 Å². The summed E-state index contributed by atoms with van der Waals surface area (Å²) in [7, 11) is 1.66. The Hall–Kier alpha value is -2.36. The largest absolute Gasteiger partial charge is 0.494 e. The summed E-state index contributed by atoms with van der Waals surface area (Å²) >= 11 is 0. The fraction of sp³-hybridized carbons (Fsp3) is 0.278. The summed E-state index contributed by atoms with van der Waals surface area (Å²) in [6.07, 6.45) is 0. The molecule has 8 heteroatoms. The third-order valence-electron chi connectivity index (χ3n) is 3.58. The van der Waals surface area contributed by atoms with Crippen LogP contribution in [0.2, 0.25) is 0 Å². The third kappa shape index (κ3) is 6.17. The van der Waals surface area contributed by atoms with E-state index in [0.29, 0.717) is 31.2 Å². The number of halogens is 1. The number of guanidine groups is 1. The van der Waals surface area contributed by atoms with Crippen LogP contribution in [0.1, 0.15) is 18.1 Å². The summed E-state index contributed by atoms with van der Waals surface area (Å²) < 4.78 is 5.60. The highest BCUT2D eigenvalue weighted by molar-refractivity contribution is 14.0. The van der Waals surface area contributed by atoms with Crippen LogP contribution in [0.3, 0.4) is 0 Å². The Morgan fingerprint density at radius 3 is 2.27 bits per heavy atom. The Kier molecular flexibility index (Phi) is 9.42. The molecule has 2 aromatic carbocycles. The molecule has 0 spiro atoms. The summed E-state index contributed by atoms with van der Waals surface area (Å²) in [5.41, 5.74) is 1.70. The fourth-order valence-corrected chi connectivity index (χ4v) is 2.36. The van der Waals surface area contributed by atoms with Crippen LogP contribution in [0.15, 0.2) is 53.5 Å². The molecule has 0 saturated heterocycles. The molecular weight excluding hydrogens is 447 g/mol. The topological polar surface area (TPSA) is 88.8 Å². The van der Waals surface area contributed by atoms with E-state index >= 15 is 0 Å². The summed E-state index contributed by atoms with van der Waals surface area (Å²) in [4.78, 5) is 14.8. The van der Waals surface area contributed by atoms with E-state index in [1.54, 1.807) is 25.2 Å². The van der Waals surface area contributed by atoms with Crippen molar-refractivity contribution in [2.45, 2.75) is 20.0 Å². The molecule has 0 atom stereocenters. The molecule has 0 amide bonds. The Morgan fingerprint density at radius 1 is 1.08 bits per heavy atom. The number of nitro groups is 1. The lowest BCUT2D eigenvalue weighted by molar-refractivity contribution is -0.385. The lowest BCUT2D eigenvalue weighted by Crippen LogP contribution is -2.36. The highest BCUT2D eigenvalue weighted by atomic mass is 127. The number of nitrogens with one attached hydrogen (secondary N) is 2. The molecule has 0 radical (unpaired) electrons. The molecule has 0 unspecified atom stereocenters. The van der Waals surface area contributed by atoms with E-state index in [1.807, 2.05) is 31.2 Å². The van der Waals surface area contributed by atoms with Crippen molar-refractivity contribution in [1.29, 1.82) is 0 Å². The third-order valence-corrected chi connectivity index (χ3v) is 3.58. The van der Waals surface area contributed by atoms with Gasteiger partial charge in [0.2, 0.25) is 0 Å². The SMILES string of the molecule is CCOc1ccccc1CNC(=NC)NCc1ccccc1[N+](=O)[O-].I. The Bertz CT molecular complexity index is 753. The maximum Gasteiger partial charge on any atom is 0.274 e. The van der Waals surface area contributed by atoms with Gasteiger partial charge in [-0.2, -0.15) is 0 Å². The first-order chi connectivity index (χ1) is 12.2. The van der Waals surface area contributed by atoms with Crippen LogP contribution >= 0.6 is 24.0 Å². The van der Waals surface area contributed by atoms with Crippen LogP contribution in [0, 0.1) is 10.1 Å². The molecule has 2 rings (SSSR count). The molecule has 0 aromatic heterocycles. The Balaban J connectivity index is 0.00000338. The first-order valence-corrected chi connectivity index (χ1v) is 8.03. The molecule has 0 aliphatic carbocycles. The van der Waals surface area contributed by atoms with Crippen LogP contribution < -0.4 is 15.4 Å². The minimum Gasteiger partial charge on any atom is -0.494 e. The second-order valence-electron chi connectivity index (χ2n) is 5.21. The number of benzene rings is 2. The number of hydrogen-bond donors (Lipinski definition) is 2. The average Bonchev–Trinajstić information content (AvgIpc) is 2.63. The summed E-state index contributed by atoms with van der Waals surface area (Å²) in [6.45, 7) is 3.38. The fourth-order valence-electron chi connectivity index (χ4n) is 2.36. The van der Waals surface area contributed by atoms with Crippen LogP contribution in [-0.2, 0) is 13.1 Å². The lowest BCUT2D eigenvalue weighted by Gasteiger charge is -2.14. The normalized spacial score (nSPS) is 10.6. The van der Waals surface area contributed by atoms with Gasteiger partial charge in [0.15, 0.2) is 5.96 Å². The van der Waals surface area contributed by atoms with E-state index < -0.39 is 0 Å². The van der Waals surface area contributed by atoms with Gasteiger partial charge >= 0.3 is 0 Å². The van der Waals surface area contributed by atoms with Crippen molar-refractivity contribution in [2.24, 2.45) is 4.99 Å². The molecule has 0 heterocycles. The number of ether oxygens (including phenoxy) is 1. The van der Waals surface area contributed by atoms with Gasteiger partial charge in [0.1, 0.15) is 5.75 Å². The van der Waals surface area contributed by atoms with Crippen LogP contribution in [0.5, 0.6) is 5.75 Å². The highest BCUT2D eigenvalue weighted by Gasteiger charge is 2.12. The zero-order chi connectivity index (χ0) is 18.1. The first-order valence-electron chi connectivity index (χ1n) is 8.03. The summed E-state index contributed by atoms with van der Waals surface area (Å²) in [6, 6.07) is 14.4. The molecule has 7 nitrogen and oxygen atoms in total. The van der Waals surface area contributed by atoms with E-state index in [1.165, 1.54) is 6.07 Å². The monoisotopic (exact) mass is 470 g/mol. The van der Waals surface area contributed by atoms with E-state index in [9.17, 15) is 10.1 Å².